The number of benzene rings is 2. The molecule has 0 bridgehead atoms. The molecule has 1 atom stereocenters. The van der Waals surface area contributed by atoms with Gasteiger partial charge in [-0.3, -0.25) is 0 Å². The number of phenols is 1. The molecule has 1 aliphatic carbocycles. The molecule has 2 aromatic carbocycles. The number of rotatable bonds is 2. The highest BCUT2D eigenvalue weighted by atomic mass is 79.9. The fraction of sp³-hybridized carbons (Fsp3) is 0.200. The summed E-state index contributed by atoms with van der Waals surface area (Å²) in [5.74, 6) is 0.0310. The predicted octanol–water partition coefficient (Wildman–Crippen LogP) is 4.39. The Morgan fingerprint density at radius 1 is 1.21 bits per heavy atom. The van der Waals surface area contributed by atoms with Crippen LogP contribution in [0.2, 0.25) is 0 Å². The van der Waals surface area contributed by atoms with Crippen LogP contribution < -0.4 is 5.32 Å². The summed E-state index contributed by atoms with van der Waals surface area (Å²) in [5.41, 5.74) is 2.77. The first kappa shape index (κ1) is 12.5. The zero-order valence-corrected chi connectivity index (χ0v) is 11.7. The summed E-state index contributed by atoms with van der Waals surface area (Å²) in [6.07, 6.45) is 1.81. The van der Waals surface area contributed by atoms with Crippen molar-refractivity contribution in [1.82, 2.24) is 0 Å². The highest BCUT2D eigenvalue weighted by molar-refractivity contribution is 9.10. The van der Waals surface area contributed by atoms with Gasteiger partial charge in [0.05, 0.1) is 11.7 Å². The summed E-state index contributed by atoms with van der Waals surface area (Å²) in [6, 6.07) is 10.3. The van der Waals surface area contributed by atoms with E-state index in [-0.39, 0.29) is 17.6 Å². The molecule has 1 unspecified atom stereocenters. The Hall–Kier alpha value is -1.55. The largest absolute Gasteiger partial charge is 0.508 e. The standard InChI is InChI=1S/C15H13BrFNO/c16-10-2-5-13(17)15(8-10)18-14-6-1-9-7-11(19)3-4-12(9)14/h2-5,7-8,14,18-19H,1,6H2. The lowest BCUT2D eigenvalue weighted by molar-refractivity contribution is 0.474. The van der Waals surface area contributed by atoms with Crippen LogP contribution in [-0.2, 0) is 6.42 Å². The van der Waals surface area contributed by atoms with E-state index in [2.05, 4.69) is 21.2 Å². The van der Waals surface area contributed by atoms with E-state index in [1.165, 1.54) is 6.07 Å². The normalized spacial score (nSPS) is 17.3. The number of halogens is 2. The number of nitrogens with one attached hydrogen (secondary N) is 1. The topological polar surface area (TPSA) is 32.3 Å². The van der Waals surface area contributed by atoms with E-state index in [9.17, 15) is 9.50 Å². The lowest BCUT2D eigenvalue weighted by Gasteiger charge is -2.16. The summed E-state index contributed by atoms with van der Waals surface area (Å²) in [4.78, 5) is 0. The van der Waals surface area contributed by atoms with Crippen molar-refractivity contribution in [3.8, 4) is 5.75 Å². The first-order valence-corrected chi connectivity index (χ1v) is 6.96. The van der Waals surface area contributed by atoms with Crippen molar-refractivity contribution in [3.63, 3.8) is 0 Å². The summed E-state index contributed by atoms with van der Waals surface area (Å²) in [6.45, 7) is 0. The maximum Gasteiger partial charge on any atom is 0.146 e. The number of hydrogen-bond donors (Lipinski definition) is 2. The second-order valence-electron chi connectivity index (χ2n) is 4.74. The Morgan fingerprint density at radius 2 is 2.05 bits per heavy atom. The zero-order chi connectivity index (χ0) is 13.4. The Kier molecular flexibility index (Phi) is 3.19. The molecule has 19 heavy (non-hydrogen) atoms. The average Bonchev–Trinajstić information content (AvgIpc) is 2.76. The van der Waals surface area contributed by atoms with E-state index >= 15 is 0 Å². The molecule has 0 fully saturated rings. The first-order chi connectivity index (χ1) is 9.13. The quantitative estimate of drug-likeness (QED) is 0.859. The van der Waals surface area contributed by atoms with Crippen LogP contribution in [0.1, 0.15) is 23.6 Å². The van der Waals surface area contributed by atoms with Crippen molar-refractivity contribution in [2.45, 2.75) is 18.9 Å². The molecule has 0 saturated heterocycles. The van der Waals surface area contributed by atoms with E-state index in [1.807, 2.05) is 6.07 Å². The Bertz CT molecular complexity index is 630. The van der Waals surface area contributed by atoms with Gasteiger partial charge in [0.2, 0.25) is 0 Å². The summed E-state index contributed by atoms with van der Waals surface area (Å²) < 4.78 is 14.6. The van der Waals surface area contributed by atoms with Crippen molar-refractivity contribution in [2.75, 3.05) is 5.32 Å². The Morgan fingerprint density at radius 3 is 2.89 bits per heavy atom. The van der Waals surface area contributed by atoms with E-state index < -0.39 is 0 Å². The molecule has 4 heteroatoms. The van der Waals surface area contributed by atoms with Crippen LogP contribution in [0.25, 0.3) is 0 Å². The molecule has 1 aliphatic rings. The highest BCUT2D eigenvalue weighted by Gasteiger charge is 2.23. The average molecular weight is 322 g/mol. The minimum absolute atomic E-state index is 0.0967. The van der Waals surface area contributed by atoms with Gasteiger partial charge in [0.15, 0.2) is 0 Å². The minimum atomic E-state index is -0.254. The third-order valence-electron chi connectivity index (χ3n) is 3.46. The fourth-order valence-corrected chi connectivity index (χ4v) is 2.91. The maximum absolute atomic E-state index is 13.7. The van der Waals surface area contributed by atoms with Gasteiger partial charge in [-0.25, -0.2) is 4.39 Å². The monoisotopic (exact) mass is 321 g/mol. The van der Waals surface area contributed by atoms with Gasteiger partial charge in [-0.05, 0) is 54.3 Å². The first-order valence-electron chi connectivity index (χ1n) is 6.17. The molecule has 2 N–H and O–H groups in total. The van der Waals surface area contributed by atoms with Gasteiger partial charge in [0.1, 0.15) is 11.6 Å². The van der Waals surface area contributed by atoms with Gasteiger partial charge < -0.3 is 10.4 Å². The van der Waals surface area contributed by atoms with E-state index in [0.717, 1.165) is 28.4 Å². The lowest BCUT2D eigenvalue weighted by atomic mass is 10.1. The number of aromatic hydroxyl groups is 1. The maximum atomic E-state index is 13.7. The van der Waals surface area contributed by atoms with Gasteiger partial charge in [-0.2, -0.15) is 0 Å². The molecule has 0 saturated carbocycles. The second-order valence-corrected chi connectivity index (χ2v) is 5.66. The fourth-order valence-electron chi connectivity index (χ4n) is 2.55. The van der Waals surface area contributed by atoms with Crippen molar-refractivity contribution in [2.24, 2.45) is 0 Å². The molecule has 0 radical (unpaired) electrons. The van der Waals surface area contributed by atoms with Gasteiger partial charge in [-0.1, -0.05) is 22.0 Å². The van der Waals surface area contributed by atoms with E-state index in [0.29, 0.717) is 5.69 Å². The molecular formula is C15H13BrFNO. The van der Waals surface area contributed by atoms with Crippen molar-refractivity contribution >= 4 is 21.6 Å². The molecule has 98 valence electrons. The number of aryl methyl sites for hydroxylation is 1. The molecule has 3 rings (SSSR count). The smallest absolute Gasteiger partial charge is 0.146 e. The van der Waals surface area contributed by atoms with Gasteiger partial charge >= 0.3 is 0 Å². The summed E-state index contributed by atoms with van der Waals surface area (Å²) in [7, 11) is 0. The number of anilines is 1. The molecular weight excluding hydrogens is 309 g/mol. The predicted molar refractivity (Wildman–Crippen MR) is 76.9 cm³/mol. The van der Waals surface area contributed by atoms with Crippen LogP contribution in [-0.4, -0.2) is 5.11 Å². The van der Waals surface area contributed by atoms with E-state index in [1.54, 1.807) is 24.3 Å². The van der Waals surface area contributed by atoms with Gasteiger partial charge in [0.25, 0.3) is 0 Å². The summed E-state index contributed by atoms with van der Waals surface area (Å²) in [5, 5.41) is 12.7. The molecule has 0 aromatic heterocycles. The van der Waals surface area contributed by atoms with Crippen LogP contribution in [0.15, 0.2) is 40.9 Å². The van der Waals surface area contributed by atoms with Crippen LogP contribution in [0.5, 0.6) is 5.75 Å². The van der Waals surface area contributed by atoms with Gasteiger partial charge in [-0.15, -0.1) is 0 Å². The zero-order valence-electron chi connectivity index (χ0n) is 10.2. The van der Waals surface area contributed by atoms with Crippen molar-refractivity contribution in [1.29, 1.82) is 0 Å². The number of hydrogen-bond acceptors (Lipinski definition) is 2. The van der Waals surface area contributed by atoms with Gasteiger partial charge in [0, 0.05) is 4.47 Å². The third kappa shape index (κ3) is 2.45. The molecule has 0 heterocycles. The Labute approximate surface area is 119 Å². The highest BCUT2D eigenvalue weighted by Crippen LogP contribution is 2.36. The molecule has 2 nitrogen and oxygen atoms in total. The van der Waals surface area contributed by atoms with Crippen LogP contribution in [0.4, 0.5) is 10.1 Å². The molecule has 0 spiro atoms. The van der Waals surface area contributed by atoms with Crippen LogP contribution in [0, 0.1) is 5.82 Å². The van der Waals surface area contributed by atoms with Crippen LogP contribution >= 0.6 is 15.9 Å². The Balaban J connectivity index is 1.88. The second kappa shape index (κ2) is 4.85. The number of fused-ring (bicyclic) bond motifs is 1. The minimum Gasteiger partial charge on any atom is -0.508 e. The molecule has 0 amide bonds. The number of phenolic OH excluding ortho intramolecular Hbond substituents is 1. The SMILES string of the molecule is Oc1ccc2c(c1)CCC2Nc1cc(Br)ccc1F. The molecule has 0 aliphatic heterocycles. The van der Waals surface area contributed by atoms with E-state index in [4.69, 9.17) is 0 Å². The summed E-state index contributed by atoms with van der Waals surface area (Å²) >= 11 is 3.35. The third-order valence-corrected chi connectivity index (χ3v) is 3.96. The van der Waals surface area contributed by atoms with Crippen molar-refractivity contribution < 1.29 is 9.50 Å². The van der Waals surface area contributed by atoms with Crippen molar-refractivity contribution in [3.05, 3.63) is 57.8 Å². The lowest BCUT2D eigenvalue weighted by Crippen LogP contribution is -2.08. The van der Waals surface area contributed by atoms with Crippen LogP contribution in [0.3, 0.4) is 0 Å². The molecule has 2 aromatic rings.